The summed E-state index contributed by atoms with van der Waals surface area (Å²) in [5.41, 5.74) is 2.96. The molecule has 5 nitrogen and oxygen atoms in total. The molecule has 0 aliphatic carbocycles. The number of sulfone groups is 1. The molecule has 6 heteroatoms. The molecule has 0 atom stereocenters. The van der Waals surface area contributed by atoms with Gasteiger partial charge in [-0.2, -0.15) is 4.98 Å². The summed E-state index contributed by atoms with van der Waals surface area (Å²) in [5.74, 6) is 0.709. The molecule has 0 saturated heterocycles. The van der Waals surface area contributed by atoms with Gasteiger partial charge in [-0.1, -0.05) is 55.4 Å². The van der Waals surface area contributed by atoms with Crippen LogP contribution < -0.4 is 0 Å². The molecule has 2 aromatic carbocycles. The quantitative estimate of drug-likeness (QED) is 0.649. The molecule has 26 heavy (non-hydrogen) atoms. The average Bonchev–Trinajstić information content (AvgIpc) is 3.02. The zero-order valence-corrected chi connectivity index (χ0v) is 16.0. The number of aryl methyl sites for hydroxylation is 1. The number of hydrogen-bond acceptors (Lipinski definition) is 5. The van der Waals surface area contributed by atoms with Gasteiger partial charge in [-0.05, 0) is 42.5 Å². The molecule has 0 aliphatic rings. The molecule has 0 N–H and O–H groups in total. The van der Waals surface area contributed by atoms with Gasteiger partial charge in [-0.25, -0.2) is 8.42 Å². The Kier molecular flexibility index (Phi) is 5.23. The fourth-order valence-corrected chi connectivity index (χ4v) is 3.96. The van der Waals surface area contributed by atoms with E-state index in [1.165, 1.54) is 0 Å². The van der Waals surface area contributed by atoms with E-state index >= 15 is 0 Å². The molecule has 1 heterocycles. The minimum atomic E-state index is -3.53. The summed E-state index contributed by atoms with van der Waals surface area (Å²) < 4.78 is 30.4. The Morgan fingerprint density at radius 3 is 2.38 bits per heavy atom. The van der Waals surface area contributed by atoms with Crippen molar-refractivity contribution < 1.29 is 12.9 Å². The van der Waals surface area contributed by atoms with Crippen molar-refractivity contribution in [3.05, 3.63) is 65.5 Å². The summed E-state index contributed by atoms with van der Waals surface area (Å²) in [5, 5.41) is 3.92. The van der Waals surface area contributed by atoms with Gasteiger partial charge in [0.05, 0.1) is 4.90 Å². The summed E-state index contributed by atoms with van der Waals surface area (Å²) in [7, 11) is -3.53. The van der Waals surface area contributed by atoms with Gasteiger partial charge in [-0.15, -0.1) is 0 Å². The van der Waals surface area contributed by atoms with Gasteiger partial charge in [0.2, 0.25) is 11.7 Å². The molecule has 0 saturated carbocycles. The Hall–Kier alpha value is -2.47. The first-order chi connectivity index (χ1) is 12.3. The highest BCUT2D eigenvalue weighted by molar-refractivity contribution is 7.90. The number of benzene rings is 2. The predicted octanol–water partition coefficient (Wildman–Crippen LogP) is 4.22. The maximum Gasteiger partial charge on any atom is 0.242 e. The summed E-state index contributed by atoms with van der Waals surface area (Å²) in [6.07, 6.45) is 0.920. The van der Waals surface area contributed by atoms with E-state index in [9.17, 15) is 8.42 Å². The second-order valence-corrected chi connectivity index (χ2v) is 8.82. The summed E-state index contributed by atoms with van der Waals surface area (Å²) in [6.45, 7) is 6.21. The lowest BCUT2D eigenvalue weighted by atomic mass is 10.0. The molecule has 3 aromatic rings. The van der Waals surface area contributed by atoms with E-state index in [4.69, 9.17) is 4.52 Å². The van der Waals surface area contributed by atoms with Crippen LogP contribution in [0.2, 0.25) is 0 Å². The third kappa shape index (κ3) is 4.19. The highest BCUT2D eigenvalue weighted by atomic mass is 32.2. The third-order valence-corrected chi connectivity index (χ3v) is 5.71. The normalized spacial score (nSPS) is 11.8. The number of aromatic nitrogens is 2. The molecule has 0 fully saturated rings. The Morgan fingerprint density at radius 2 is 1.73 bits per heavy atom. The maximum absolute atomic E-state index is 12.6. The van der Waals surface area contributed by atoms with Crippen LogP contribution in [-0.4, -0.2) is 18.6 Å². The van der Waals surface area contributed by atoms with E-state index in [0.717, 1.165) is 23.1 Å². The zero-order valence-electron chi connectivity index (χ0n) is 15.1. The van der Waals surface area contributed by atoms with Crippen LogP contribution in [0.25, 0.3) is 11.4 Å². The average molecular weight is 370 g/mol. The van der Waals surface area contributed by atoms with E-state index in [-0.39, 0.29) is 16.5 Å². The minimum Gasteiger partial charge on any atom is -0.338 e. The zero-order chi connectivity index (χ0) is 18.7. The molecular weight excluding hydrogens is 348 g/mol. The number of rotatable bonds is 6. The monoisotopic (exact) mass is 370 g/mol. The topological polar surface area (TPSA) is 73.1 Å². The summed E-state index contributed by atoms with van der Waals surface area (Å²) >= 11 is 0. The van der Waals surface area contributed by atoms with Gasteiger partial charge >= 0.3 is 0 Å². The molecule has 0 amide bonds. The fraction of sp³-hybridized carbons (Fsp3) is 0.300. The third-order valence-electron chi connectivity index (χ3n) is 4.09. The fourth-order valence-electron chi connectivity index (χ4n) is 2.80. The molecule has 0 spiro atoms. The van der Waals surface area contributed by atoms with Crippen LogP contribution in [0, 0.1) is 12.8 Å². The van der Waals surface area contributed by atoms with Crippen LogP contribution in [0.15, 0.2) is 57.9 Å². The van der Waals surface area contributed by atoms with E-state index < -0.39 is 9.84 Å². The minimum absolute atomic E-state index is 0.0921. The molecule has 3 rings (SSSR count). The first kappa shape index (κ1) is 18.3. The van der Waals surface area contributed by atoms with Crippen molar-refractivity contribution in [3.8, 4) is 11.4 Å². The second-order valence-electron chi connectivity index (χ2n) is 6.83. The largest absolute Gasteiger partial charge is 0.338 e. The van der Waals surface area contributed by atoms with E-state index in [0.29, 0.717) is 11.7 Å². The van der Waals surface area contributed by atoms with Crippen molar-refractivity contribution in [1.29, 1.82) is 0 Å². The van der Waals surface area contributed by atoms with Gasteiger partial charge in [0.25, 0.3) is 0 Å². The molecule has 0 bridgehead atoms. The standard InChI is InChI=1S/C20H22N2O3S/c1-14(2)12-16-8-10-17(11-9-16)26(23,24)13-19-21-20(22-25-19)18-7-5-4-6-15(18)3/h4-11,14H,12-13H2,1-3H3. The van der Waals surface area contributed by atoms with Crippen molar-refractivity contribution in [2.24, 2.45) is 5.92 Å². The molecule has 0 radical (unpaired) electrons. The summed E-state index contributed by atoms with van der Waals surface area (Å²) in [6, 6.07) is 14.6. The van der Waals surface area contributed by atoms with Crippen molar-refractivity contribution in [3.63, 3.8) is 0 Å². The first-order valence-electron chi connectivity index (χ1n) is 8.55. The van der Waals surface area contributed by atoms with Crippen LogP contribution in [0.1, 0.15) is 30.9 Å². The van der Waals surface area contributed by atoms with Gasteiger partial charge in [-0.3, -0.25) is 0 Å². The van der Waals surface area contributed by atoms with E-state index in [1.807, 2.05) is 43.3 Å². The highest BCUT2D eigenvalue weighted by Crippen LogP contribution is 2.22. The van der Waals surface area contributed by atoms with Crippen molar-refractivity contribution >= 4 is 9.84 Å². The predicted molar refractivity (Wildman–Crippen MR) is 100 cm³/mol. The van der Waals surface area contributed by atoms with Crippen LogP contribution in [0.3, 0.4) is 0 Å². The molecule has 136 valence electrons. The lowest BCUT2D eigenvalue weighted by molar-refractivity contribution is 0.389. The number of nitrogens with zero attached hydrogens (tertiary/aromatic N) is 2. The Morgan fingerprint density at radius 1 is 1.04 bits per heavy atom. The smallest absolute Gasteiger partial charge is 0.242 e. The summed E-state index contributed by atoms with van der Waals surface area (Å²) in [4.78, 5) is 4.52. The Bertz CT molecular complexity index is 990. The maximum atomic E-state index is 12.6. The van der Waals surface area contributed by atoms with Crippen LogP contribution in [-0.2, 0) is 22.0 Å². The van der Waals surface area contributed by atoms with Crippen molar-refractivity contribution in [2.75, 3.05) is 0 Å². The van der Waals surface area contributed by atoms with E-state index in [2.05, 4.69) is 24.0 Å². The SMILES string of the molecule is Cc1ccccc1-c1noc(CS(=O)(=O)c2ccc(CC(C)C)cc2)n1. The first-order valence-corrected chi connectivity index (χ1v) is 10.2. The van der Waals surface area contributed by atoms with Gasteiger partial charge in [0, 0.05) is 5.56 Å². The van der Waals surface area contributed by atoms with Crippen molar-refractivity contribution in [2.45, 2.75) is 37.8 Å². The highest BCUT2D eigenvalue weighted by Gasteiger charge is 2.20. The molecule has 0 aliphatic heterocycles. The lowest BCUT2D eigenvalue weighted by Crippen LogP contribution is -2.05. The lowest BCUT2D eigenvalue weighted by Gasteiger charge is -2.06. The Balaban J connectivity index is 1.79. The van der Waals surface area contributed by atoms with E-state index in [1.54, 1.807) is 12.1 Å². The number of hydrogen-bond donors (Lipinski definition) is 0. The molecule has 1 aromatic heterocycles. The van der Waals surface area contributed by atoms with Crippen LogP contribution in [0.4, 0.5) is 0 Å². The van der Waals surface area contributed by atoms with Crippen molar-refractivity contribution in [1.82, 2.24) is 10.1 Å². The Labute approximate surface area is 154 Å². The molecular formula is C20H22N2O3S. The molecule has 0 unspecified atom stereocenters. The van der Waals surface area contributed by atoms with Gasteiger partial charge in [0.1, 0.15) is 5.75 Å². The van der Waals surface area contributed by atoms with Crippen LogP contribution >= 0.6 is 0 Å². The second kappa shape index (κ2) is 7.41. The van der Waals surface area contributed by atoms with Gasteiger partial charge in [0.15, 0.2) is 9.84 Å². The van der Waals surface area contributed by atoms with Crippen LogP contribution in [0.5, 0.6) is 0 Å². The van der Waals surface area contributed by atoms with Gasteiger partial charge < -0.3 is 4.52 Å².